The molecule has 0 aromatic heterocycles. The van der Waals surface area contributed by atoms with Crippen LogP contribution in [0.5, 0.6) is 5.75 Å². The van der Waals surface area contributed by atoms with E-state index in [2.05, 4.69) is 5.32 Å². The second-order valence-corrected chi connectivity index (χ2v) is 3.98. The lowest BCUT2D eigenvalue weighted by atomic mass is 10.2. The van der Waals surface area contributed by atoms with Gasteiger partial charge in [0.15, 0.2) is 6.61 Å². The molecule has 0 aliphatic rings. The lowest BCUT2D eigenvalue weighted by Gasteiger charge is -2.07. The Hall–Kier alpha value is -2.87. The molecule has 2 aromatic rings. The van der Waals surface area contributed by atoms with Crippen LogP contribution in [-0.2, 0) is 4.79 Å². The number of halogens is 1. The van der Waals surface area contributed by atoms with Gasteiger partial charge in [-0.25, -0.2) is 4.39 Å². The fourth-order valence-corrected chi connectivity index (χ4v) is 1.50. The van der Waals surface area contributed by atoms with Gasteiger partial charge in [-0.3, -0.25) is 4.79 Å². The van der Waals surface area contributed by atoms with Crippen molar-refractivity contribution in [3.63, 3.8) is 0 Å². The van der Waals surface area contributed by atoms with E-state index < -0.39 is 0 Å². The number of nitrogens with zero attached hydrogens (tertiary/aromatic N) is 1. The summed E-state index contributed by atoms with van der Waals surface area (Å²) >= 11 is 0. The van der Waals surface area contributed by atoms with E-state index in [1.165, 1.54) is 24.3 Å². The number of nitriles is 1. The van der Waals surface area contributed by atoms with Crippen LogP contribution < -0.4 is 10.1 Å². The first-order valence-corrected chi connectivity index (χ1v) is 5.86. The molecule has 0 aliphatic carbocycles. The van der Waals surface area contributed by atoms with Gasteiger partial charge in [0.05, 0.1) is 11.6 Å². The Labute approximate surface area is 115 Å². The van der Waals surface area contributed by atoms with Crippen molar-refractivity contribution < 1.29 is 13.9 Å². The number of nitrogens with one attached hydrogen (secondary N) is 1. The summed E-state index contributed by atoms with van der Waals surface area (Å²) in [6.07, 6.45) is 0. The smallest absolute Gasteiger partial charge is 0.262 e. The Morgan fingerprint density at radius 2 is 1.80 bits per heavy atom. The third-order valence-corrected chi connectivity index (χ3v) is 2.48. The van der Waals surface area contributed by atoms with Crippen LogP contribution in [0.3, 0.4) is 0 Å². The maximum Gasteiger partial charge on any atom is 0.262 e. The average molecular weight is 270 g/mol. The molecule has 0 heterocycles. The first kappa shape index (κ1) is 13.6. The molecule has 2 aromatic carbocycles. The molecule has 0 aliphatic heterocycles. The van der Waals surface area contributed by atoms with Gasteiger partial charge in [0, 0.05) is 5.69 Å². The summed E-state index contributed by atoms with van der Waals surface area (Å²) in [5.74, 6) is -0.278. The summed E-state index contributed by atoms with van der Waals surface area (Å²) < 4.78 is 17.9. The van der Waals surface area contributed by atoms with Crippen LogP contribution in [0.25, 0.3) is 0 Å². The third-order valence-electron chi connectivity index (χ3n) is 2.48. The van der Waals surface area contributed by atoms with Crippen molar-refractivity contribution in [1.29, 1.82) is 5.26 Å². The molecule has 0 spiro atoms. The summed E-state index contributed by atoms with van der Waals surface area (Å²) in [7, 11) is 0. The molecule has 0 radical (unpaired) electrons. The summed E-state index contributed by atoms with van der Waals surface area (Å²) in [6, 6.07) is 13.9. The normalized spacial score (nSPS) is 9.60. The van der Waals surface area contributed by atoms with E-state index in [1.54, 1.807) is 24.3 Å². The Morgan fingerprint density at radius 3 is 2.40 bits per heavy atom. The quantitative estimate of drug-likeness (QED) is 0.929. The van der Waals surface area contributed by atoms with Gasteiger partial charge in [-0.2, -0.15) is 5.26 Å². The van der Waals surface area contributed by atoms with Crippen molar-refractivity contribution in [2.24, 2.45) is 0 Å². The minimum atomic E-state index is -0.362. The lowest BCUT2D eigenvalue weighted by molar-refractivity contribution is -0.118. The number of hydrogen-bond acceptors (Lipinski definition) is 3. The molecule has 20 heavy (non-hydrogen) atoms. The number of rotatable bonds is 4. The highest BCUT2D eigenvalue weighted by atomic mass is 19.1. The summed E-state index contributed by atoms with van der Waals surface area (Å²) in [6.45, 7) is -0.175. The Balaban J connectivity index is 1.86. The zero-order valence-corrected chi connectivity index (χ0v) is 10.5. The minimum absolute atomic E-state index is 0.175. The van der Waals surface area contributed by atoms with E-state index in [9.17, 15) is 9.18 Å². The zero-order valence-electron chi connectivity index (χ0n) is 10.5. The standard InChI is InChI=1S/C15H11FN2O2/c16-12-3-7-14(8-4-12)20-10-15(19)18-13-5-1-11(9-17)2-6-13/h1-8H,10H2,(H,18,19). The van der Waals surface area contributed by atoms with Crippen LogP contribution in [0, 0.1) is 17.1 Å². The first-order chi connectivity index (χ1) is 9.67. The summed E-state index contributed by atoms with van der Waals surface area (Å²) in [5, 5.41) is 11.3. The topological polar surface area (TPSA) is 62.1 Å². The molecule has 100 valence electrons. The first-order valence-electron chi connectivity index (χ1n) is 5.86. The molecular formula is C15H11FN2O2. The monoisotopic (exact) mass is 270 g/mol. The van der Waals surface area contributed by atoms with Crippen LogP contribution in [0.1, 0.15) is 5.56 Å². The van der Waals surface area contributed by atoms with E-state index >= 15 is 0 Å². The Morgan fingerprint density at radius 1 is 1.15 bits per heavy atom. The molecule has 0 saturated carbocycles. The number of hydrogen-bond donors (Lipinski definition) is 1. The second-order valence-electron chi connectivity index (χ2n) is 3.98. The van der Waals surface area contributed by atoms with Crippen LogP contribution >= 0.6 is 0 Å². The number of ether oxygens (including phenoxy) is 1. The number of carbonyl (C=O) groups is 1. The highest BCUT2D eigenvalue weighted by Crippen LogP contribution is 2.12. The van der Waals surface area contributed by atoms with E-state index in [1.807, 2.05) is 6.07 Å². The number of amides is 1. The van der Waals surface area contributed by atoms with Crippen molar-refractivity contribution >= 4 is 11.6 Å². The molecule has 4 nitrogen and oxygen atoms in total. The fraction of sp³-hybridized carbons (Fsp3) is 0.0667. The predicted molar refractivity (Wildman–Crippen MR) is 71.7 cm³/mol. The zero-order chi connectivity index (χ0) is 14.4. The second kappa shape index (κ2) is 6.34. The van der Waals surface area contributed by atoms with Gasteiger partial charge in [-0.1, -0.05) is 0 Å². The van der Waals surface area contributed by atoms with E-state index in [4.69, 9.17) is 10.00 Å². The predicted octanol–water partition coefficient (Wildman–Crippen LogP) is 2.71. The van der Waals surface area contributed by atoms with Gasteiger partial charge in [0.2, 0.25) is 0 Å². The van der Waals surface area contributed by atoms with Crippen molar-refractivity contribution in [2.45, 2.75) is 0 Å². The van der Waals surface area contributed by atoms with Gasteiger partial charge in [-0.05, 0) is 48.5 Å². The third kappa shape index (κ3) is 3.82. The van der Waals surface area contributed by atoms with Crippen molar-refractivity contribution in [3.05, 3.63) is 59.9 Å². The van der Waals surface area contributed by atoms with Gasteiger partial charge in [0.25, 0.3) is 5.91 Å². The SMILES string of the molecule is N#Cc1ccc(NC(=O)COc2ccc(F)cc2)cc1. The number of carbonyl (C=O) groups excluding carboxylic acids is 1. The van der Waals surface area contributed by atoms with Crippen molar-refractivity contribution in [2.75, 3.05) is 11.9 Å². The van der Waals surface area contributed by atoms with Crippen LogP contribution in [-0.4, -0.2) is 12.5 Å². The Bertz CT molecular complexity index is 630. The number of anilines is 1. The molecule has 2 rings (SSSR count). The van der Waals surface area contributed by atoms with Crippen molar-refractivity contribution in [3.8, 4) is 11.8 Å². The molecule has 5 heteroatoms. The van der Waals surface area contributed by atoms with Crippen LogP contribution in [0.15, 0.2) is 48.5 Å². The maximum atomic E-state index is 12.7. The van der Waals surface area contributed by atoms with Gasteiger partial charge < -0.3 is 10.1 Å². The molecule has 0 bridgehead atoms. The van der Waals surface area contributed by atoms with Gasteiger partial charge in [0.1, 0.15) is 11.6 Å². The summed E-state index contributed by atoms with van der Waals surface area (Å²) in [4.78, 5) is 11.6. The average Bonchev–Trinajstić information content (AvgIpc) is 2.47. The van der Waals surface area contributed by atoms with E-state index in [-0.39, 0.29) is 18.3 Å². The Kier molecular flexibility index (Phi) is 4.30. The number of benzene rings is 2. The molecular weight excluding hydrogens is 259 g/mol. The maximum absolute atomic E-state index is 12.7. The summed E-state index contributed by atoms with van der Waals surface area (Å²) in [5.41, 5.74) is 1.10. The fourth-order valence-electron chi connectivity index (χ4n) is 1.50. The van der Waals surface area contributed by atoms with E-state index in [0.717, 1.165) is 0 Å². The minimum Gasteiger partial charge on any atom is -0.484 e. The van der Waals surface area contributed by atoms with Crippen LogP contribution in [0.2, 0.25) is 0 Å². The molecule has 1 N–H and O–H groups in total. The molecule has 1 amide bonds. The largest absolute Gasteiger partial charge is 0.484 e. The highest BCUT2D eigenvalue weighted by molar-refractivity contribution is 5.91. The lowest BCUT2D eigenvalue weighted by Crippen LogP contribution is -2.20. The molecule has 0 fully saturated rings. The van der Waals surface area contributed by atoms with Crippen LogP contribution in [0.4, 0.5) is 10.1 Å². The van der Waals surface area contributed by atoms with Crippen molar-refractivity contribution in [1.82, 2.24) is 0 Å². The van der Waals surface area contributed by atoms with Gasteiger partial charge in [-0.15, -0.1) is 0 Å². The highest BCUT2D eigenvalue weighted by Gasteiger charge is 2.04. The molecule has 0 unspecified atom stereocenters. The van der Waals surface area contributed by atoms with Gasteiger partial charge >= 0.3 is 0 Å². The van der Waals surface area contributed by atoms with E-state index in [0.29, 0.717) is 17.0 Å². The molecule has 0 saturated heterocycles. The molecule has 0 atom stereocenters.